The van der Waals surface area contributed by atoms with E-state index >= 15 is 0 Å². The van der Waals surface area contributed by atoms with Crippen LogP contribution >= 0.6 is 0 Å². The van der Waals surface area contributed by atoms with E-state index in [1.165, 1.54) is 10.9 Å². The first-order chi connectivity index (χ1) is 12.6. The van der Waals surface area contributed by atoms with Crippen LogP contribution in [0, 0.1) is 0 Å². The summed E-state index contributed by atoms with van der Waals surface area (Å²) in [7, 11) is 1.73. The number of rotatable bonds is 4. The molecule has 9 heteroatoms. The van der Waals surface area contributed by atoms with Gasteiger partial charge in [0, 0.05) is 18.2 Å². The topological polar surface area (TPSA) is 115 Å². The quantitative estimate of drug-likeness (QED) is 0.730. The van der Waals surface area contributed by atoms with Crippen molar-refractivity contribution in [2.75, 3.05) is 5.32 Å². The molecule has 0 saturated heterocycles. The number of aromatic carboxylic acids is 1. The lowest BCUT2D eigenvalue weighted by Crippen LogP contribution is -2.16. The molecule has 2 aromatic heterocycles. The number of anilines is 1. The van der Waals surface area contributed by atoms with Crippen molar-refractivity contribution >= 4 is 17.6 Å². The van der Waals surface area contributed by atoms with E-state index < -0.39 is 5.97 Å². The van der Waals surface area contributed by atoms with Crippen LogP contribution in [-0.2, 0) is 12.5 Å². The Morgan fingerprint density at radius 3 is 2.52 bits per heavy atom. The third-order valence-electron chi connectivity index (χ3n) is 3.96. The van der Waals surface area contributed by atoms with Gasteiger partial charge in [-0.15, -0.1) is 5.10 Å². The molecule has 0 spiro atoms. The Labute approximate surface area is 155 Å². The molecule has 2 heterocycles. The van der Waals surface area contributed by atoms with Crippen LogP contribution in [0.1, 0.15) is 47.4 Å². The van der Waals surface area contributed by atoms with Crippen LogP contribution in [0.25, 0.3) is 5.69 Å². The van der Waals surface area contributed by atoms with E-state index in [9.17, 15) is 9.59 Å². The third kappa shape index (κ3) is 3.86. The van der Waals surface area contributed by atoms with Gasteiger partial charge in [-0.05, 0) is 24.3 Å². The monoisotopic (exact) mass is 368 g/mol. The first-order valence-corrected chi connectivity index (χ1v) is 8.27. The maximum Gasteiger partial charge on any atom is 0.358 e. The zero-order valence-electron chi connectivity index (χ0n) is 15.5. The van der Waals surface area contributed by atoms with Crippen molar-refractivity contribution in [1.82, 2.24) is 24.8 Å². The number of carboxylic acid groups (broad SMARTS) is 1. The van der Waals surface area contributed by atoms with Crippen LogP contribution in [0.4, 0.5) is 5.69 Å². The molecular formula is C18H20N6O3. The van der Waals surface area contributed by atoms with E-state index in [0.717, 1.165) is 5.69 Å². The fourth-order valence-corrected chi connectivity index (χ4v) is 2.46. The van der Waals surface area contributed by atoms with Gasteiger partial charge in [-0.1, -0.05) is 32.1 Å². The Kier molecular flexibility index (Phi) is 4.52. The van der Waals surface area contributed by atoms with E-state index in [-0.39, 0.29) is 17.0 Å². The van der Waals surface area contributed by atoms with E-state index in [1.807, 2.05) is 20.8 Å². The predicted octanol–water partition coefficient (Wildman–Crippen LogP) is 2.25. The zero-order valence-corrected chi connectivity index (χ0v) is 15.5. The molecule has 3 aromatic rings. The molecular weight excluding hydrogens is 348 g/mol. The van der Waals surface area contributed by atoms with Crippen molar-refractivity contribution in [3.05, 3.63) is 53.6 Å². The van der Waals surface area contributed by atoms with E-state index in [0.29, 0.717) is 17.1 Å². The first-order valence-electron chi connectivity index (χ1n) is 8.27. The summed E-state index contributed by atoms with van der Waals surface area (Å²) in [5.74, 6) is -1.45. The molecule has 0 aliphatic heterocycles. The van der Waals surface area contributed by atoms with Gasteiger partial charge in [-0.3, -0.25) is 9.48 Å². The number of aryl methyl sites for hydroxylation is 1. The summed E-state index contributed by atoms with van der Waals surface area (Å²) in [6, 6.07) is 8.65. The SMILES string of the molecule is Cn1nc(C(C)(C)C)cc1C(=O)Nc1cccc(-n2cc(C(=O)O)nn2)c1. The van der Waals surface area contributed by atoms with E-state index in [1.54, 1.807) is 42.1 Å². The molecule has 0 bridgehead atoms. The van der Waals surface area contributed by atoms with Crippen LogP contribution in [0.2, 0.25) is 0 Å². The Bertz CT molecular complexity index is 1010. The Hall–Kier alpha value is -3.49. The molecule has 0 radical (unpaired) electrons. The van der Waals surface area contributed by atoms with Crippen molar-refractivity contribution in [3.63, 3.8) is 0 Å². The molecule has 3 rings (SSSR count). The minimum atomic E-state index is -1.16. The summed E-state index contributed by atoms with van der Waals surface area (Å²) in [6.07, 6.45) is 1.31. The number of amides is 1. The lowest BCUT2D eigenvalue weighted by atomic mass is 9.92. The van der Waals surface area contributed by atoms with Gasteiger partial charge >= 0.3 is 5.97 Å². The Balaban J connectivity index is 1.83. The second kappa shape index (κ2) is 6.67. The molecule has 9 nitrogen and oxygen atoms in total. The van der Waals surface area contributed by atoms with Crippen molar-refractivity contribution < 1.29 is 14.7 Å². The fraction of sp³-hybridized carbons (Fsp3) is 0.278. The van der Waals surface area contributed by atoms with Gasteiger partial charge in [-0.25, -0.2) is 9.48 Å². The number of carboxylic acids is 1. The lowest BCUT2D eigenvalue weighted by molar-refractivity contribution is 0.0690. The fourth-order valence-electron chi connectivity index (χ4n) is 2.46. The first kappa shape index (κ1) is 18.3. The van der Waals surface area contributed by atoms with Crippen molar-refractivity contribution in [2.45, 2.75) is 26.2 Å². The maximum atomic E-state index is 12.6. The molecule has 27 heavy (non-hydrogen) atoms. The van der Waals surface area contributed by atoms with Gasteiger partial charge in [0.2, 0.25) is 0 Å². The number of aromatic nitrogens is 5. The van der Waals surface area contributed by atoms with Crippen molar-refractivity contribution in [1.29, 1.82) is 0 Å². The minimum Gasteiger partial charge on any atom is -0.476 e. The number of hydrogen-bond donors (Lipinski definition) is 2. The number of hydrogen-bond acceptors (Lipinski definition) is 5. The van der Waals surface area contributed by atoms with Gasteiger partial charge < -0.3 is 10.4 Å². The molecule has 0 aliphatic carbocycles. The molecule has 1 aromatic carbocycles. The number of nitrogens with zero attached hydrogens (tertiary/aromatic N) is 5. The van der Waals surface area contributed by atoms with Crippen molar-refractivity contribution in [2.24, 2.45) is 7.05 Å². The molecule has 2 N–H and O–H groups in total. The predicted molar refractivity (Wildman–Crippen MR) is 98.2 cm³/mol. The van der Waals surface area contributed by atoms with E-state index in [2.05, 4.69) is 20.7 Å². The van der Waals surface area contributed by atoms with Gasteiger partial charge in [0.15, 0.2) is 5.69 Å². The van der Waals surface area contributed by atoms with Gasteiger partial charge in [0.05, 0.1) is 17.6 Å². The summed E-state index contributed by atoms with van der Waals surface area (Å²) < 4.78 is 2.89. The summed E-state index contributed by atoms with van der Waals surface area (Å²) >= 11 is 0. The molecule has 0 fully saturated rings. The normalized spacial score (nSPS) is 11.4. The standard InChI is InChI=1S/C18H20N6O3/c1-18(2,3)15-9-14(23(4)21-15)16(25)19-11-6-5-7-12(8-11)24-10-13(17(26)27)20-22-24/h5-10H,1-4H3,(H,19,25)(H,26,27). The third-order valence-corrected chi connectivity index (χ3v) is 3.96. The highest BCUT2D eigenvalue weighted by atomic mass is 16.4. The highest BCUT2D eigenvalue weighted by molar-refractivity contribution is 6.03. The van der Waals surface area contributed by atoms with Crippen LogP contribution in [0.5, 0.6) is 0 Å². The zero-order chi connectivity index (χ0) is 19.8. The maximum absolute atomic E-state index is 12.6. The smallest absolute Gasteiger partial charge is 0.358 e. The molecule has 0 atom stereocenters. The summed E-state index contributed by atoms with van der Waals surface area (Å²) in [5.41, 5.74) is 2.07. The van der Waals surface area contributed by atoms with Crippen LogP contribution < -0.4 is 5.32 Å². The Morgan fingerprint density at radius 1 is 1.19 bits per heavy atom. The second-order valence-electron chi connectivity index (χ2n) is 7.15. The number of nitrogens with one attached hydrogen (secondary N) is 1. The van der Waals surface area contributed by atoms with Crippen LogP contribution in [0.15, 0.2) is 36.5 Å². The highest BCUT2D eigenvalue weighted by Crippen LogP contribution is 2.22. The summed E-state index contributed by atoms with van der Waals surface area (Å²) in [6.45, 7) is 6.10. The molecule has 0 aliphatic rings. The van der Waals surface area contributed by atoms with Gasteiger partial charge in [-0.2, -0.15) is 5.10 Å². The van der Waals surface area contributed by atoms with Crippen molar-refractivity contribution in [3.8, 4) is 5.69 Å². The molecule has 140 valence electrons. The van der Waals surface area contributed by atoms with Crippen LogP contribution in [-0.4, -0.2) is 41.8 Å². The number of carbonyl (C=O) groups is 2. The summed E-state index contributed by atoms with van der Waals surface area (Å²) in [5, 5.41) is 23.6. The molecule has 1 amide bonds. The Morgan fingerprint density at radius 2 is 1.93 bits per heavy atom. The average molecular weight is 368 g/mol. The van der Waals surface area contributed by atoms with Gasteiger partial charge in [0.25, 0.3) is 5.91 Å². The second-order valence-corrected chi connectivity index (χ2v) is 7.15. The van der Waals surface area contributed by atoms with Crippen LogP contribution in [0.3, 0.4) is 0 Å². The summed E-state index contributed by atoms with van der Waals surface area (Å²) in [4.78, 5) is 23.6. The molecule has 0 unspecified atom stereocenters. The minimum absolute atomic E-state index is 0.158. The number of carbonyl (C=O) groups excluding carboxylic acids is 1. The average Bonchev–Trinajstić information content (AvgIpc) is 3.21. The largest absolute Gasteiger partial charge is 0.476 e. The van der Waals surface area contributed by atoms with Gasteiger partial charge in [0.1, 0.15) is 5.69 Å². The lowest BCUT2D eigenvalue weighted by Gasteiger charge is -2.13. The molecule has 0 saturated carbocycles. The highest BCUT2D eigenvalue weighted by Gasteiger charge is 2.21. The van der Waals surface area contributed by atoms with E-state index in [4.69, 9.17) is 5.11 Å². The number of benzene rings is 1.